The monoisotopic (exact) mass is 216 g/mol. The van der Waals surface area contributed by atoms with Gasteiger partial charge in [0.2, 0.25) is 0 Å². The molecule has 0 N–H and O–H groups in total. The highest BCUT2D eigenvalue weighted by molar-refractivity contribution is 5.42. The fraction of sp³-hybridized carbons (Fsp3) is 0.462. The lowest BCUT2D eigenvalue weighted by atomic mass is 10.1. The van der Waals surface area contributed by atoms with E-state index in [2.05, 4.69) is 18.0 Å². The van der Waals surface area contributed by atoms with Crippen LogP contribution in [0, 0.1) is 11.3 Å². The molecule has 1 aromatic carbocycles. The van der Waals surface area contributed by atoms with Crippen molar-refractivity contribution in [2.24, 2.45) is 0 Å². The van der Waals surface area contributed by atoms with E-state index < -0.39 is 0 Å². The quantitative estimate of drug-likeness (QED) is 0.759. The normalized spacial score (nSPS) is 21.4. The van der Waals surface area contributed by atoms with Crippen LogP contribution in [0.1, 0.15) is 18.4 Å². The van der Waals surface area contributed by atoms with Crippen molar-refractivity contribution in [3.05, 3.63) is 29.8 Å². The van der Waals surface area contributed by atoms with Gasteiger partial charge in [-0.05, 0) is 38.6 Å². The van der Waals surface area contributed by atoms with Crippen molar-refractivity contribution < 1.29 is 4.74 Å². The third kappa shape index (κ3) is 2.53. The number of hydrogen-bond donors (Lipinski definition) is 0. The number of likely N-dealkylation sites (tertiary alicyclic amines) is 1. The summed E-state index contributed by atoms with van der Waals surface area (Å²) in [6.07, 6.45) is 2.45. The molecule has 1 aliphatic rings. The molecule has 16 heavy (non-hydrogen) atoms. The average molecular weight is 216 g/mol. The summed E-state index contributed by atoms with van der Waals surface area (Å²) in [5, 5.41) is 8.96. The zero-order valence-corrected chi connectivity index (χ0v) is 9.52. The van der Waals surface area contributed by atoms with Gasteiger partial charge in [-0.25, -0.2) is 0 Å². The Morgan fingerprint density at radius 3 is 3.00 bits per heavy atom. The number of rotatable bonds is 2. The van der Waals surface area contributed by atoms with Crippen LogP contribution in [0.2, 0.25) is 0 Å². The van der Waals surface area contributed by atoms with E-state index in [4.69, 9.17) is 10.00 Å². The Morgan fingerprint density at radius 1 is 1.44 bits per heavy atom. The summed E-state index contributed by atoms with van der Waals surface area (Å²) in [6, 6.07) is 9.58. The van der Waals surface area contributed by atoms with Gasteiger partial charge in [0.25, 0.3) is 0 Å². The fourth-order valence-electron chi connectivity index (χ4n) is 2.06. The third-order valence-corrected chi connectivity index (χ3v) is 2.88. The number of hydrogen-bond acceptors (Lipinski definition) is 3. The van der Waals surface area contributed by atoms with Crippen LogP contribution in [-0.4, -0.2) is 31.1 Å². The number of nitriles is 1. The van der Waals surface area contributed by atoms with Crippen molar-refractivity contribution in [1.82, 2.24) is 4.90 Å². The number of piperidine rings is 1. The molecule has 0 aliphatic carbocycles. The van der Waals surface area contributed by atoms with E-state index in [1.807, 2.05) is 18.2 Å². The van der Waals surface area contributed by atoms with E-state index in [9.17, 15) is 0 Å². The van der Waals surface area contributed by atoms with E-state index in [1.54, 1.807) is 6.07 Å². The molecule has 3 nitrogen and oxygen atoms in total. The van der Waals surface area contributed by atoms with Crippen molar-refractivity contribution >= 4 is 0 Å². The number of benzene rings is 1. The summed E-state index contributed by atoms with van der Waals surface area (Å²) in [4.78, 5) is 2.27. The second kappa shape index (κ2) is 5.00. The van der Waals surface area contributed by atoms with Crippen molar-refractivity contribution in [2.75, 3.05) is 20.1 Å². The summed E-state index contributed by atoms with van der Waals surface area (Å²) < 4.78 is 5.88. The van der Waals surface area contributed by atoms with Gasteiger partial charge in [0.1, 0.15) is 17.9 Å². The lowest BCUT2D eigenvalue weighted by molar-refractivity contribution is 0.104. The lowest BCUT2D eigenvalue weighted by Gasteiger charge is -2.30. The van der Waals surface area contributed by atoms with Crippen LogP contribution in [0.25, 0.3) is 0 Å². The standard InChI is InChI=1S/C13H16N2O/c1-15-8-4-6-12(10-15)16-13-7-3-2-5-11(13)9-14/h2-3,5,7,12H,4,6,8,10H2,1H3. The first-order valence-electron chi connectivity index (χ1n) is 5.64. The molecule has 0 radical (unpaired) electrons. The highest BCUT2D eigenvalue weighted by Gasteiger charge is 2.19. The minimum Gasteiger partial charge on any atom is -0.488 e. The molecule has 3 heteroatoms. The van der Waals surface area contributed by atoms with Gasteiger partial charge in [0.15, 0.2) is 0 Å². The maximum Gasteiger partial charge on any atom is 0.137 e. The first kappa shape index (κ1) is 11.0. The molecule has 0 amide bonds. The van der Waals surface area contributed by atoms with Crippen molar-refractivity contribution in [2.45, 2.75) is 18.9 Å². The van der Waals surface area contributed by atoms with Gasteiger partial charge in [0.05, 0.1) is 5.56 Å². The van der Waals surface area contributed by atoms with Crippen LogP contribution >= 0.6 is 0 Å². The van der Waals surface area contributed by atoms with Gasteiger partial charge >= 0.3 is 0 Å². The minimum atomic E-state index is 0.216. The highest BCUT2D eigenvalue weighted by atomic mass is 16.5. The maximum atomic E-state index is 8.96. The topological polar surface area (TPSA) is 36.3 Å². The molecule has 0 saturated carbocycles. The van der Waals surface area contributed by atoms with Crippen molar-refractivity contribution in [3.63, 3.8) is 0 Å². The second-order valence-electron chi connectivity index (χ2n) is 4.25. The summed E-state index contributed by atoms with van der Waals surface area (Å²) in [5.74, 6) is 0.713. The van der Waals surface area contributed by atoms with Crippen molar-refractivity contribution in [1.29, 1.82) is 5.26 Å². The number of para-hydroxylation sites is 1. The van der Waals surface area contributed by atoms with Crippen LogP contribution in [0.5, 0.6) is 5.75 Å². The van der Waals surface area contributed by atoms with E-state index in [1.165, 1.54) is 0 Å². The van der Waals surface area contributed by atoms with Crippen LogP contribution in [-0.2, 0) is 0 Å². The summed E-state index contributed by atoms with van der Waals surface area (Å²) in [7, 11) is 2.10. The Hall–Kier alpha value is -1.53. The number of nitrogens with zero attached hydrogens (tertiary/aromatic N) is 2. The van der Waals surface area contributed by atoms with Gasteiger partial charge in [-0.3, -0.25) is 0 Å². The third-order valence-electron chi connectivity index (χ3n) is 2.88. The zero-order chi connectivity index (χ0) is 11.4. The largest absolute Gasteiger partial charge is 0.488 e. The van der Waals surface area contributed by atoms with Crippen LogP contribution in [0.15, 0.2) is 24.3 Å². The predicted molar refractivity (Wildman–Crippen MR) is 62.3 cm³/mol. The molecule has 1 atom stereocenters. The highest BCUT2D eigenvalue weighted by Crippen LogP contribution is 2.21. The van der Waals surface area contributed by atoms with Gasteiger partial charge in [-0.1, -0.05) is 12.1 Å². The molecule has 1 unspecified atom stereocenters. The second-order valence-corrected chi connectivity index (χ2v) is 4.25. The molecule has 0 bridgehead atoms. The average Bonchev–Trinajstić information content (AvgIpc) is 2.30. The predicted octanol–water partition coefficient (Wildman–Crippen LogP) is 2.03. The molecular formula is C13H16N2O. The molecule has 1 fully saturated rings. The van der Waals surface area contributed by atoms with E-state index in [0.29, 0.717) is 11.3 Å². The molecular weight excluding hydrogens is 200 g/mol. The smallest absolute Gasteiger partial charge is 0.137 e. The van der Waals surface area contributed by atoms with Crippen LogP contribution in [0.3, 0.4) is 0 Å². The van der Waals surface area contributed by atoms with Crippen LogP contribution in [0.4, 0.5) is 0 Å². The van der Waals surface area contributed by atoms with E-state index in [0.717, 1.165) is 25.9 Å². The van der Waals surface area contributed by atoms with Crippen LogP contribution < -0.4 is 4.74 Å². The van der Waals surface area contributed by atoms with E-state index in [-0.39, 0.29) is 6.10 Å². The first-order chi connectivity index (χ1) is 7.79. The van der Waals surface area contributed by atoms with Gasteiger partial charge in [-0.15, -0.1) is 0 Å². The Bertz CT molecular complexity index is 397. The molecule has 1 heterocycles. The van der Waals surface area contributed by atoms with Gasteiger partial charge in [0, 0.05) is 6.54 Å². The molecule has 1 saturated heterocycles. The Morgan fingerprint density at radius 2 is 2.25 bits per heavy atom. The molecule has 84 valence electrons. The maximum absolute atomic E-state index is 8.96. The summed E-state index contributed by atoms with van der Waals surface area (Å²) in [6.45, 7) is 2.08. The zero-order valence-electron chi connectivity index (χ0n) is 9.52. The van der Waals surface area contributed by atoms with Crippen molar-refractivity contribution in [3.8, 4) is 11.8 Å². The lowest BCUT2D eigenvalue weighted by Crippen LogP contribution is -2.38. The Kier molecular flexibility index (Phi) is 3.43. The first-order valence-corrected chi connectivity index (χ1v) is 5.64. The molecule has 1 aliphatic heterocycles. The molecule has 2 rings (SSSR count). The van der Waals surface area contributed by atoms with Gasteiger partial charge < -0.3 is 9.64 Å². The summed E-state index contributed by atoms with van der Waals surface area (Å²) >= 11 is 0. The Balaban J connectivity index is 2.06. The minimum absolute atomic E-state index is 0.216. The fourth-order valence-corrected chi connectivity index (χ4v) is 2.06. The van der Waals surface area contributed by atoms with Gasteiger partial charge in [-0.2, -0.15) is 5.26 Å². The molecule has 0 aromatic heterocycles. The van der Waals surface area contributed by atoms with E-state index >= 15 is 0 Å². The number of likely N-dealkylation sites (N-methyl/N-ethyl adjacent to an activating group) is 1. The molecule has 0 spiro atoms. The number of ether oxygens (including phenoxy) is 1. The summed E-state index contributed by atoms with van der Waals surface area (Å²) in [5.41, 5.74) is 0.621. The Labute approximate surface area is 96.2 Å². The SMILES string of the molecule is CN1CCCC(Oc2ccccc2C#N)C1. The molecule has 1 aromatic rings.